The molecule has 9 heteroatoms. The molecule has 1 saturated carbocycles. The highest BCUT2D eigenvalue weighted by molar-refractivity contribution is 5.90. The van der Waals surface area contributed by atoms with Crippen LogP contribution in [-0.2, 0) is 11.3 Å². The van der Waals surface area contributed by atoms with Crippen molar-refractivity contribution >= 4 is 23.7 Å². The molecule has 2 N–H and O–H groups in total. The number of hydrogen-bond acceptors (Lipinski definition) is 6. The van der Waals surface area contributed by atoms with E-state index in [1.807, 2.05) is 6.07 Å². The Morgan fingerprint density at radius 1 is 1.17 bits per heavy atom. The van der Waals surface area contributed by atoms with Crippen molar-refractivity contribution in [2.45, 2.75) is 44.9 Å². The van der Waals surface area contributed by atoms with Gasteiger partial charge in [0.05, 0.1) is 5.69 Å². The lowest BCUT2D eigenvalue weighted by atomic mass is 9.96. The first kappa shape index (κ1) is 23.4. The number of piperazine rings is 1. The van der Waals surface area contributed by atoms with Gasteiger partial charge in [-0.05, 0) is 30.4 Å². The van der Waals surface area contributed by atoms with Crippen LogP contribution < -0.4 is 10.2 Å². The fourth-order valence-corrected chi connectivity index (χ4v) is 5.01. The van der Waals surface area contributed by atoms with Gasteiger partial charge in [0, 0.05) is 63.1 Å². The van der Waals surface area contributed by atoms with E-state index >= 15 is 0 Å². The van der Waals surface area contributed by atoms with Crippen LogP contribution >= 0.6 is 0 Å². The molecule has 35 heavy (non-hydrogen) atoms. The van der Waals surface area contributed by atoms with E-state index in [4.69, 9.17) is 4.74 Å². The molecule has 2 fully saturated rings. The van der Waals surface area contributed by atoms with E-state index in [9.17, 15) is 14.7 Å². The number of fused-ring (bicyclic) bond motifs is 1. The summed E-state index contributed by atoms with van der Waals surface area (Å²) in [5.74, 6) is 1.49. The maximum Gasteiger partial charge on any atom is 0.414 e. The third kappa shape index (κ3) is 5.19. The monoisotopic (exact) mass is 479 g/mol. The van der Waals surface area contributed by atoms with Crippen LogP contribution in [0.5, 0.6) is 0 Å². The number of rotatable bonds is 7. The number of carbonyl (C=O) groups is 2. The van der Waals surface area contributed by atoms with Crippen LogP contribution in [-0.4, -0.2) is 65.3 Å². The SMILES string of the molecule is C[C@H](Nc1cc2c(cn1)COC(=O)N2C)c1ccc(C(CC2CC2)N2CCN(C(=O)O)CC2)cc1. The highest BCUT2D eigenvalue weighted by Crippen LogP contribution is 2.40. The second-order valence-electron chi connectivity index (χ2n) is 9.85. The first-order chi connectivity index (χ1) is 16.9. The number of anilines is 2. The predicted octanol–water partition coefficient (Wildman–Crippen LogP) is 4.48. The summed E-state index contributed by atoms with van der Waals surface area (Å²) in [6.45, 7) is 5.02. The van der Waals surface area contributed by atoms with E-state index in [1.54, 1.807) is 13.2 Å². The van der Waals surface area contributed by atoms with Crippen molar-refractivity contribution in [3.63, 3.8) is 0 Å². The highest BCUT2D eigenvalue weighted by atomic mass is 16.6. The zero-order valence-corrected chi connectivity index (χ0v) is 20.3. The average molecular weight is 480 g/mol. The molecule has 3 heterocycles. The minimum atomic E-state index is -0.825. The van der Waals surface area contributed by atoms with Crippen molar-refractivity contribution in [2.24, 2.45) is 5.92 Å². The number of cyclic esters (lactones) is 1. The molecule has 186 valence electrons. The van der Waals surface area contributed by atoms with Crippen molar-refractivity contribution in [3.8, 4) is 0 Å². The summed E-state index contributed by atoms with van der Waals surface area (Å²) in [5, 5.41) is 12.7. The molecule has 2 atom stereocenters. The second kappa shape index (κ2) is 9.73. The van der Waals surface area contributed by atoms with E-state index in [0.717, 1.165) is 42.2 Å². The van der Waals surface area contributed by atoms with Crippen LogP contribution in [0, 0.1) is 5.92 Å². The van der Waals surface area contributed by atoms with Gasteiger partial charge in [-0.1, -0.05) is 37.1 Å². The Morgan fingerprint density at radius 2 is 1.86 bits per heavy atom. The molecule has 5 rings (SSSR count). The zero-order valence-electron chi connectivity index (χ0n) is 20.3. The van der Waals surface area contributed by atoms with Crippen LogP contribution in [0.4, 0.5) is 21.1 Å². The fraction of sp³-hybridized carbons (Fsp3) is 0.500. The maximum atomic E-state index is 11.9. The largest absolute Gasteiger partial charge is 0.465 e. The number of hydrogen-bond donors (Lipinski definition) is 2. The molecule has 0 bridgehead atoms. The third-order valence-electron chi connectivity index (χ3n) is 7.41. The molecule has 1 saturated heterocycles. The number of ether oxygens (including phenoxy) is 1. The van der Waals surface area contributed by atoms with E-state index in [-0.39, 0.29) is 18.7 Å². The molecule has 3 aliphatic rings. The van der Waals surface area contributed by atoms with Gasteiger partial charge < -0.3 is 20.1 Å². The topological polar surface area (TPSA) is 98.2 Å². The minimum absolute atomic E-state index is 0.0384. The minimum Gasteiger partial charge on any atom is -0.465 e. The first-order valence-corrected chi connectivity index (χ1v) is 12.4. The summed E-state index contributed by atoms with van der Waals surface area (Å²) in [6.07, 6.45) is 4.30. The van der Waals surface area contributed by atoms with Crippen LogP contribution in [0.15, 0.2) is 36.5 Å². The molecule has 0 radical (unpaired) electrons. The summed E-state index contributed by atoms with van der Waals surface area (Å²) >= 11 is 0. The predicted molar refractivity (Wildman–Crippen MR) is 133 cm³/mol. The fourth-order valence-electron chi connectivity index (χ4n) is 5.01. The van der Waals surface area contributed by atoms with E-state index in [0.29, 0.717) is 24.9 Å². The van der Waals surface area contributed by atoms with Gasteiger partial charge in [-0.3, -0.25) is 9.80 Å². The number of aromatic nitrogens is 1. The Kier molecular flexibility index (Phi) is 6.51. The summed E-state index contributed by atoms with van der Waals surface area (Å²) in [4.78, 5) is 33.1. The number of amides is 2. The maximum absolute atomic E-state index is 11.9. The quantitative estimate of drug-likeness (QED) is 0.604. The van der Waals surface area contributed by atoms with Gasteiger partial charge in [-0.15, -0.1) is 0 Å². The molecule has 1 unspecified atom stereocenters. The van der Waals surface area contributed by atoms with Crippen LogP contribution in [0.3, 0.4) is 0 Å². The summed E-state index contributed by atoms with van der Waals surface area (Å²) in [7, 11) is 1.70. The lowest BCUT2D eigenvalue weighted by Crippen LogP contribution is -2.49. The van der Waals surface area contributed by atoms with Crippen molar-refractivity contribution in [1.82, 2.24) is 14.8 Å². The lowest BCUT2D eigenvalue weighted by Gasteiger charge is -2.38. The lowest BCUT2D eigenvalue weighted by molar-refractivity contribution is 0.0805. The van der Waals surface area contributed by atoms with E-state index < -0.39 is 6.09 Å². The standard InChI is InChI=1S/C26H33N5O4/c1-17(28-24-14-22-21(15-27-24)16-35-26(34)29(22)2)19-5-7-20(8-6-19)23(13-18-3-4-18)30-9-11-31(12-10-30)25(32)33/h5-8,14-15,17-18,23H,3-4,9-13,16H2,1-2H3,(H,27,28)(H,32,33)/t17-,23?/m0/s1. The van der Waals surface area contributed by atoms with E-state index in [1.165, 1.54) is 28.2 Å². The Morgan fingerprint density at radius 3 is 2.51 bits per heavy atom. The average Bonchev–Trinajstić information content (AvgIpc) is 3.70. The molecular weight excluding hydrogens is 446 g/mol. The van der Waals surface area contributed by atoms with Crippen LogP contribution in [0.2, 0.25) is 0 Å². The highest BCUT2D eigenvalue weighted by Gasteiger charge is 2.32. The summed E-state index contributed by atoms with van der Waals surface area (Å²) in [6, 6.07) is 11.0. The van der Waals surface area contributed by atoms with Crippen LogP contribution in [0.1, 0.15) is 55.0 Å². The Balaban J connectivity index is 1.26. The molecule has 0 spiro atoms. The molecule has 1 aliphatic carbocycles. The zero-order chi connectivity index (χ0) is 24.5. The molecular formula is C26H33N5O4. The molecule has 9 nitrogen and oxygen atoms in total. The molecule has 2 amide bonds. The van der Waals surface area contributed by atoms with Gasteiger partial charge in [0.15, 0.2) is 0 Å². The smallest absolute Gasteiger partial charge is 0.414 e. The van der Waals surface area contributed by atoms with E-state index in [2.05, 4.69) is 46.4 Å². The van der Waals surface area contributed by atoms with Crippen LogP contribution in [0.25, 0.3) is 0 Å². The first-order valence-electron chi connectivity index (χ1n) is 12.4. The third-order valence-corrected chi connectivity index (χ3v) is 7.41. The number of benzene rings is 1. The number of pyridine rings is 1. The Hall–Kier alpha value is -3.33. The Bertz CT molecular complexity index is 1080. The van der Waals surface area contributed by atoms with Gasteiger partial charge in [0.2, 0.25) is 0 Å². The number of nitrogens with one attached hydrogen (secondary N) is 1. The number of carboxylic acid groups (broad SMARTS) is 1. The number of carbonyl (C=O) groups excluding carboxylic acids is 1. The van der Waals surface area contributed by atoms with Crippen molar-refractivity contribution in [2.75, 3.05) is 43.4 Å². The molecule has 2 aromatic rings. The number of nitrogens with zero attached hydrogens (tertiary/aromatic N) is 4. The van der Waals surface area contributed by atoms with Crippen molar-refractivity contribution < 1.29 is 19.4 Å². The van der Waals surface area contributed by atoms with Crippen molar-refractivity contribution in [1.29, 1.82) is 0 Å². The molecule has 1 aromatic carbocycles. The molecule has 2 aliphatic heterocycles. The molecule has 1 aromatic heterocycles. The summed E-state index contributed by atoms with van der Waals surface area (Å²) < 4.78 is 5.12. The Labute approximate surface area is 205 Å². The van der Waals surface area contributed by atoms with Gasteiger partial charge in [0.25, 0.3) is 0 Å². The van der Waals surface area contributed by atoms with Gasteiger partial charge in [-0.2, -0.15) is 0 Å². The van der Waals surface area contributed by atoms with Gasteiger partial charge >= 0.3 is 12.2 Å². The van der Waals surface area contributed by atoms with Gasteiger partial charge in [-0.25, -0.2) is 14.6 Å². The van der Waals surface area contributed by atoms with Gasteiger partial charge in [0.1, 0.15) is 12.4 Å². The normalized spacial score (nSPS) is 20.1. The summed E-state index contributed by atoms with van der Waals surface area (Å²) in [5.41, 5.74) is 4.15. The van der Waals surface area contributed by atoms with Crippen molar-refractivity contribution in [3.05, 3.63) is 53.2 Å². The second-order valence-corrected chi connectivity index (χ2v) is 9.85.